The molecular formula is C14H17FO3. The third-order valence-electron chi connectivity index (χ3n) is 3.80. The van der Waals surface area contributed by atoms with Gasteiger partial charge in [-0.2, -0.15) is 0 Å². The van der Waals surface area contributed by atoms with Gasteiger partial charge in [-0.3, -0.25) is 4.79 Å². The van der Waals surface area contributed by atoms with Crippen molar-refractivity contribution < 1.29 is 19.0 Å². The van der Waals surface area contributed by atoms with E-state index in [0.29, 0.717) is 24.2 Å². The van der Waals surface area contributed by atoms with Crippen LogP contribution in [0.4, 0.5) is 4.39 Å². The minimum absolute atomic E-state index is 0.333. The summed E-state index contributed by atoms with van der Waals surface area (Å²) in [5.74, 6) is -0.918. The minimum Gasteiger partial charge on any atom is -0.496 e. The molecule has 2 rings (SSSR count). The average molecular weight is 252 g/mol. The van der Waals surface area contributed by atoms with Gasteiger partial charge in [0.15, 0.2) is 0 Å². The Labute approximate surface area is 106 Å². The minimum atomic E-state index is -0.919. The Morgan fingerprint density at radius 1 is 1.33 bits per heavy atom. The number of ether oxygens (including phenoxy) is 1. The van der Waals surface area contributed by atoms with Gasteiger partial charge in [-0.1, -0.05) is 25.3 Å². The van der Waals surface area contributed by atoms with Crippen LogP contribution in [0.5, 0.6) is 5.75 Å². The first-order valence-corrected chi connectivity index (χ1v) is 6.17. The Balaban J connectivity index is 2.51. The molecule has 0 atom stereocenters. The summed E-state index contributed by atoms with van der Waals surface area (Å²) in [6.45, 7) is 0. The van der Waals surface area contributed by atoms with Crippen LogP contribution in [0, 0.1) is 5.82 Å². The lowest BCUT2D eigenvalue weighted by molar-refractivity contribution is -0.145. The van der Waals surface area contributed by atoms with E-state index in [0.717, 1.165) is 19.3 Å². The van der Waals surface area contributed by atoms with Crippen molar-refractivity contribution in [2.75, 3.05) is 7.11 Å². The van der Waals surface area contributed by atoms with E-state index in [4.69, 9.17) is 4.74 Å². The zero-order valence-corrected chi connectivity index (χ0v) is 10.4. The molecule has 1 saturated carbocycles. The number of rotatable bonds is 3. The molecule has 4 heteroatoms. The van der Waals surface area contributed by atoms with E-state index in [1.807, 2.05) is 0 Å². The molecule has 1 fully saturated rings. The highest BCUT2D eigenvalue weighted by molar-refractivity contribution is 5.82. The maximum Gasteiger partial charge on any atom is 0.314 e. The molecule has 3 nitrogen and oxygen atoms in total. The molecule has 1 aromatic carbocycles. The van der Waals surface area contributed by atoms with Gasteiger partial charge in [-0.15, -0.1) is 0 Å². The van der Waals surface area contributed by atoms with E-state index < -0.39 is 17.2 Å². The number of aliphatic carboxylic acids is 1. The van der Waals surface area contributed by atoms with Crippen LogP contribution in [0.25, 0.3) is 0 Å². The largest absolute Gasteiger partial charge is 0.496 e. The normalized spacial score (nSPS) is 18.3. The van der Waals surface area contributed by atoms with Crippen molar-refractivity contribution in [3.8, 4) is 5.75 Å². The molecule has 0 aliphatic heterocycles. The average Bonchev–Trinajstić information content (AvgIpc) is 2.39. The Hall–Kier alpha value is -1.58. The van der Waals surface area contributed by atoms with Gasteiger partial charge < -0.3 is 9.84 Å². The van der Waals surface area contributed by atoms with Crippen molar-refractivity contribution in [2.45, 2.75) is 37.5 Å². The number of benzene rings is 1. The number of hydrogen-bond donors (Lipinski definition) is 1. The first-order valence-electron chi connectivity index (χ1n) is 6.17. The summed E-state index contributed by atoms with van der Waals surface area (Å²) in [7, 11) is 1.44. The number of methoxy groups -OCH3 is 1. The van der Waals surface area contributed by atoms with E-state index in [-0.39, 0.29) is 0 Å². The van der Waals surface area contributed by atoms with E-state index in [2.05, 4.69) is 0 Å². The van der Waals surface area contributed by atoms with Gasteiger partial charge in [0.2, 0.25) is 0 Å². The van der Waals surface area contributed by atoms with Gasteiger partial charge in [-0.25, -0.2) is 4.39 Å². The molecule has 0 aromatic heterocycles. The molecule has 1 aliphatic carbocycles. The molecule has 1 N–H and O–H groups in total. The first-order chi connectivity index (χ1) is 8.60. The topological polar surface area (TPSA) is 46.5 Å². The van der Waals surface area contributed by atoms with Crippen molar-refractivity contribution >= 4 is 5.97 Å². The SMILES string of the molecule is COc1cc(F)ccc1C1(C(=O)O)CCCCC1. The second-order valence-corrected chi connectivity index (χ2v) is 4.79. The zero-order valence-electron chi connectivity index (χ0n) is 10.4. The van der Waals surface area contributed by atoms with E-state index in [1.54, 1.807) is 6.07 Å². The van der Waals surface area contributed by atoms with Gasteiger partial charge in [0.25, 0.3) is 0 Å². The van der Waals surface area contributed by atoms with Crippen LogP contribution < -0.4 is 4.74 Å². The second kappa shape index (κ2) is 4.96. The molecule has 98 valence electrons. The Morgan fingerprint density at radius 2 is 2.00 bits per heavy atom. The smallest absolute Gasteiger partial charge is 0.314 e. The number of carboxylic acids is 1. The fourth-order valence-electron chi connectivity index (χ4n) is 2.81. The van der Waals surface area contributed by atoms with Crippen LogP contribution >= 0.6 is 0 Å². The van der Waals surface area contributed by atoms with Gasteiger partial charge in [-0.05, 0) is 18.9 Å². The summed E-state index contributed by atoms with van der Waals surface area (Å²) < 4.78 is 18.4. The molecule has 0 radical (unpaired) electrons. The zero-order chi connectivity index (χ0) is 13.2. The Morgan fingerprint density at radius 3 is 2.56 bits per heavy atom. The number of carbonyl (C=O) groups is 1. The number of halogens is 1. The molecule has 0 amide bonds. The summed E-state index contributed by atoms with van der Waals surface area (Å²) in [6.07, 6.45) is 3.99. The highest BCUT2D eigenvalue weighted by Gasteiger charge is 2.43. The lowest BCUT2D eigenvalue weighted by atomic mass is 9.69. The fourth-order valence-corrected chi connectivity index (χ4v) is 2.81. The van der Waals surface area contributed by atoms with Crippen molar-refractivity contribution in [2.24, 2.45) is 0 Å². The summed E-state index contributed by atoms with van der Waals surface area (Å²) in [5.41, 5.74) is -0.323. The Kier molecular flexibility index (Phi) is 3.55. The second-order valence-electron chi connectivity index (χ2n) is 4.79. The monoisotopic (exact) mass is 252 g/mol. The molecule has 18 heavy (non-hydrogen) atoms. The predicted octanol–water partition coefficient (Wildman–Crippen LogP) is 3.12. The van der Waals surface area contributed by atoms with Crippen LogP contribution in [0.2, 0.25) is 0 Å². The highest BCUT2D eigenvalue weighted by atomic mass is 19.1. The van der Waals surface area contributed by atoms with Crippen LogP contribution in [-0.4, -0.2) is 18.2 Å². The summed E-state index contributed by atoms with van der Waals surface area (Å²) in [5, 5.41) is 9.58. The van der Waals surface area contributed by atoms with Crippen molar-refractivity contribution in [3.05, 3.63) is 29.6 Å². The maximum atomic E-state index is 13.2. The van der Waals surface area contributed by atoms with Crippen molar-refractivity contribution in [3.63, 3.8) is 0 Å². The van der Waals surface area contributed by atoms with E-state index >= 15 is 0 Å². The van der Waals surface area contributed by atoms with Gasteiger partial charge in [0.1, 0.15) is 11.6 Å². The lowest BCUT2D eigenvalue weighted by Crippen LogP contribution is -2.38. The first kappa shape index (κ1) is 12.9. The lowest BCUT2D eigenvalue weighted by Gasteiger charge is -2.34. The third-order valence-corrected chi connectivity index (χ3v) is 3.80. The quantitative estimate of drug-likeness (QED) is 0.899. The number of carboxylic acid groups (broad SMARTS) is 1. The standard InChI is InChI=1S/C14H17FO3/c1-18-12-9-10(15)5-6-11(12)14(13(16)17)7-3-2-4-8-14/h5-6,9H,2-4,7-8H2,1H3,(H,16,17). The van der Waals surface area contributed by atoms with Gasteiger partial charge in [0, 0.05) is 11.6 Å². The summed E-state index contributed by atoms with van der Waals surface area (Å²) in [6, 6.07) is 4.11. The van der Waals surface area contributed by atoms with Crippen LogP contribution in [0.15, 0.2) is 18.2 Å². The summed E-state index contributed by atoms with van der Waals surface area (Å²) in [4.78, 5) is 11.7. The van der Waals surface area contributed by atoms with E-state index in [9.17, 15) is 14.3 Å². The predicted molar refractivity (Wildman–Crippen MR) is 65.4 cm³/mol. The highest BCUT2D eigenvalue weighted by Crippen LogP contribution is 2.43. The van der Waals surface area contributed by atoms with Crippen LogP contribution in [0.3, 0.4) is 0 Å². The molecule has 0 unspecified atom stereocenters. The Bertz CT molecular complexity index is 450. The van der Waals surface area contributed by atoms with Gasteiger partial charge >= 0.3 is 5.97 Å². The number of hydrogen-bond acceptors (Lipinski definition) is 2. The van der Waals surface area contributed by atoms with Crippen molar-refractivity contribution in [1.82, 2.24) is 0 Å². The third kappa shape index (κ3) is 2.07. The van der Waals surface area contributed by atoms with Gasteiger partial charge in [0.05, 0.1) is 12.5 Å². The molecule has 1 aromatic rings. The molecule has 1 aliphatic rings. The van der Waals surface area contributed by atoms with Crippen molar-refractivity contribution in [1.29, 1.82) is 0 Å². The van der Waals surface area contributed by atoms with Crippen LogP contribution in [0.1, 0.15) is 37.7 Å². The maximum absolute atomic E-state index is 13.2. The molecule has 0 heterocycles. The van der Waals surface area contributed by atoms with Crippen LogP contribution in [-0.2, 0) is 10.2 Å². The van der Waals surface area contributed by atoms with E-state index in [1.165, 1.54) is 19.2 Å². The molecule has 0 spiro atoms. The fraction of sp³-hybridized carbons (Fsp3) is 0.500. The molecule has 0 bridgehead atoms. The molecular weight excluding hydrogens is 235 g/mol. The molecule has 0 saturated heterocycles. The summed E-state index contributed by atoms with van der Waals surface area (Å²) >= 11 is 0.